The monoisotopic (exact) mass is 321 g/mol. The Morgan fingerprint density at radius 1 is 0.870 bits per heavy atom. The van der Waals surface area contributed by atoms with E-state index in [0.717, 1.165) is 5.46 Å². The predicted octanol–water partition coefficient (Wildman–Crippen LogP) is 3.73. The van der Waals surface area contributed by atoms with Crippen LogP contribution in [0.1, 0.15) is 75.1 Å². The Morgan fingerprint density at radius 3 is 1.52 bits per heavy atom. The summed E-state index contributed by atoms with van der Waals surface area (Å²) in [7, 11) is -0.479. The van der Waals surface area contributed by atoms with Crippen LogP contribution in [0, 0.1) is 11.3 Å². The van der Waals surface area contributed by atoms with E-state index in [1.54, 1.807) is 12.4 Å². The summed E-state index contributed by atoms with van der Waals surface area (Å²) in [4.78, 5) is 7.81. The van der Waals surface area contributed by atoms with Crippen molar-refractivity contribution in [3.63, 3.8) is 0 Å². The minimum Gasteiger partial charge on any atom is -0.399 e. The van der Waals surface area contributed by atoms with Gasteiger partial charge in [0.1, 0.15) is 6.07 Å². The van der Waals surface area contributed by atoms with Crippen LogP contribution < -0.4 is 5.46 Å². The molecular formula is C17H32BN3O2. The third-order valence-corrected chi connectivity index (χ3v) is 3.30. The van der Waals surface area contributed by atoms with E-state index in [1.165, 1.54) is 0 Å². The van der Waals surface area contributed by atoms with Gasteiger partial charge in [-0.3, -0.25) is 0 Å². The van der Waals surface area contributed by atoms with Gasteiger partial charge >= 0.3 is 7.12 Å². The van der Waals surface area contributed by atoms with E-state index < -0.39 is 7.12 Å². The van der Waals surface area contributed by atoms with Gasteiger partial charge in [-0.1, -0.05) is 41.5 Å². The van der Waals surface area contributed by atoms with Gasteiger partial charge in [-0.15, -0.1) is 0 Å². The zero-order chi connectivity index (χ0) is 18.7. The summed E-state index contributed by atoms with van der Waals surface area (Å²) in [5.74, 6) is 0.144. The molecule has 0 N–H and O–H groups in total. The van der Waals surface area contributed by atoms with E-state index in [2.05, 4.69) is 9.97 Å². The highest BCUT2D eigenvalue weighted by atomic mass is 16.7. The van der Waals surface area contributed by atoms with Gasteiger partial charge in [0.2, 0.25) is 5.82 Å². The fourth-order valence-corrected chi connectivity index (χ4v) is 1.50. The van der Waals surface area contributed by atoms with Crippen LogP contribution in [-0.4, -0.2) is 28.3 Å². The number of aromatic nitrogens is 2. The summed E-state index contributed by atoms with van der Waals surface area (Å²) in [5, 5.41) is 8.62. The lowest BCUT2D eigenvalue weighted by Gasteiger charge is -2.32. The Morgan fingerprint density at radius 2 is 1.22 bits per heavy atom. The van der Waals surface area contributed by atoms with Crippen LogP contribution in [0.2, 0.25) is 0 Å². The summed E-state index contributed by atoms with van der Waals surface area (Å²) in [6.45, 7) is 19.9. The maximum Gasteiger partial charge on any atom is 0.498 e. The summed E-state index contributed by atoms with van der Waals surface area (Å²) in [6, 6.07) is 1.87. The molecule has 0 aromatic carbocycles. The molecule has 0 atom stereocenters. The second-order valence-electron chi connectivity index (χ2n) is 5.04. The van der Waals surface area contributed by atoms with Crippen molar-refractivity contribution in [1.82, 2.24) is 9.97 Å². The number of hydrogen-bond donors (Lipinski definition) is 0. The van der Waals surface area contributed by atoms with Gasteiger partial charge in [0.15, 0.2) is 0 Å². The molecule has 1 saturated heterocycles. The minimum atomic E-state index is -0.479. The lowest BCUT2D eigenvalue weighted by atomic mass is 9.81. The zero-order valence-electron chi connectivity index (χ0n) is 16.4. The van der Waals surface area contributed by atoms with Crippen molar-refractivity contribution in [3.8, 4) is 6.07 Å². The lowest BCUT2D eigenvalue weighted by Crippen LogP contribution is -2.41. The van der Waals surface area contributed by atoms with E-state index in [4.69, 9.17) is 14.6 Å². The Kier molecular flexibility index (Phi) is 11.5. The van der Waals surface area contributed by atoms with E-state index >= 15 is 0 Å². The third kappa shape index (κ3) is 6.29. The fraction of sp³-hybridized carbons (Fsp3) is 0.706. The molecule has 0 spiro atoms. The molecule has 130 valence electrons. The molecule has 0 radical (unpaired) electrons. The van der Waals surface area contributed by atoms with Gasteiger partial charge in [0.25, 0.3) is 0 Å². The first-order chi connectivity index (χ1) is 10.9. The zero-order valence-corrected chi connectivity index (χ0v) is 16.4. The molecule has 5 nitrogen and oxygen atoms in total. The van der Waals surface area contributed by atoms with E-state index in [-0.39, 0.29) is 17.0 Å². The molecule has 6 heteroatoms. The first-order valence-corrected chi connectivity index (χ1v) is 8.43. The van der Waals surface area contributed by atoms with Crippen molar-refractivity contribution in [1.29, 1.82) is 5.26 Å². The van der Waals surface area contributed by atoms with Gasteiger partial charge in [-0.25, -0.2) is 9.97 Å². The third-order valence-electron chi connectivity index (χ3n) is 3.30. The van der Waals surface area contributed by atoms with Gasteiger partial charge in [0.05, 0.1) is 11.2 Å². The van der Waals surface area contributed by atoms with Crippen LogP contribution in [0.25, 0.3) is 0 Å². The highest BCUT2D eigenvalue weighted by Crippen LogP contribution is 2.36. The highest BCUT2D eigenvalue weighted by Gasteiger charge is 2.51. The van der Waals surface area contributed by atoms with E-state index in [1.807, 2.05) is 75.3 Å². The average Bonchev–Trinajstić information content (AvgIpc) is 2.81. The molecule has 1 aliphatic heterocycles. The summed E-state index contributed by atoms with van der Waals surface area (Å²) < 4.78 is 11.7. The molecule has 2 rings (SSSR count). The smallest absolute Gasteiger partial charge is 0.399 e. The van der Waals surface area contributed by atoms with Crippen molar-refractivity contribution in [3.05, 3.63) is 18.2 Å². The fourth-order valence-electron chi connectivity index (χ4n) is 1.50. The topological polar surface area (TPSA) is 68.0 Å². The number of rotatable bonds is 1. The Bertz CT molecular complexity index is 452. The Balaban J connectivity index is 0. The van der Waals surface area contributed by atoms with E-state index in [0.29, 0.717) is 0 Å². The molecule has 0 saturated carbocycles. The Hall–Kier alpha value is -1.45. The van der Waals surface area contributed by atoms with Crippen molar-refractivity contribution in [2.45, 2.75) is 80.4 Å². The van der Waals surface area contributed by atoms with Gasteiger partial charge in [-0.05, 0) is 27.7 Å². The van der Waals surface area contributed by atoms with Gasteiger partial charge < -0.3 is 9.31 Å². The molecule has 1 aromatic heterocycles. The summed E-state index contributed by atoms with van der Waals surface area (Å²) >= 11 is 0. The molecule has 0 bridgehead atoms. The first kappa shape index (κ1) is 23.8. The summed E-state index contributed by atoms with van der Waals surface area (Å²) in [5.41, 5.74) is -0.0421. The highest BCUT2D eigenvalue weighted by molar-refractivity contribution is 6.61. The second-order valence-corrected chi connectivity index (χ2v) is 5.04. The Labute approximate surface area is 142 Å². The molecule has 2 heterocycles. The minimum absolute atomic E-state index is 0.144. The predicted molar refractivity (Wildman–Crippen MR) is 96.5 cm³/mol. The number of hydrogen-bond acceptors (Lipinski definition) is 5. The molecular weight excluding hydrogens is 289 g/mol. The van der Waals surface area contributed by atoms with Gasteiger partial charge in [0, 0.05) is 17.9 Å². The number of nitriles is 1. The first-order valence-electron chi connectivity index (χ1n) is 8.43. The van der Waals surface area contributed by atoms with Crippen LogP contribution >= 0.6 is 0 Å². The van der Waals surface area contributed by atoms with Gasteiger partial charge in [-0.2, -0.15) is 5.26 Å². The SMILES string of the molecule is CC.CC.CC.CC1(C)OB(c2cnc(C#N)nc2)OC1(C)C. The molecule has 0 amide bonds. The standard InChI is InChI=1S/C11H14BN3O2.3C2H6/c1-10(2)11(3,4)17-12(16-10)8-6-14-9(5-13)15-7-8;3*1-2/h6-7H,1-4H3;3*1-2H3. The van der Waals surface area contributed by atoms with Crippen molar-refractivity contribution >= 4 is 12.6 Å². The van der Waals surface area contributed by atoms with Crippen LogP contribution in [0.15, 0.2) is 12.4 Å². The molecule has 23 heavy (non-hydrogen) atoms. The molecule has 0 unspecified atom stereocenters. The molecule has 0 aliphatic carbocycles. The van der Waals surface area contributed by atoms with Crippen LogP contribution in [-0.2, 0) is 9.31 Å². The van der Waals surface area contributed by atoms with Crippen LogP contribution in [0.5, 0.6) is 0 Å². The average molecular weight is 321 g/mol. The van der Waals surface area contributed by atoms with Crippen molar-refractivity contribution < 1.29 is 9.31 Å². The maximum atomic E-state index is 8.62. The van der Waals surface area contributed by atoms with Crippen LogP contribution in [0.3, 0.4) is 0 Å². The number of nitrogens with zero attached hydrogens (tertiary/aromatic N) is 3. The molecule has 1 aliphatic rings. The van der Waals surface area contributed by atoms with Crippen LogP contribution in [0.4, 0.5) is 0 Å². The second kappa shape index (κ2) is 11.1. The normalized spacial score (nSPS) is 16.5. The quantitative estimate of drug-likeness (QED) is 0.737. The van der Waals surface area contributed by atoms with Crippen molar-refractivity contribution in [2.75, 3.05) is 0 Å². The largest absolute Gasteiger partial charge is 0.498 e. The molecule has 1 aromatic rings. The van der Waals surface area contributed by atoms with Crippen molar-refractivity contribution in [2.24, 2.45) is 0 Å². The maximum absolute atomic E-state index is 8.62. The lowest BCUT2D eigenvalue weighted by molar-refractivity contribution is 0.00578. The summed E-state index contributed by atoms with van der Waals surface area (Å²) in [6.07, 6.45) is 3.13. The molecule has 1 fully saturated rings. The van der Waals surface area contributed by atoms with E-state index in [9.17, 15) is 0 Å².